The SMILES string of the molecule is Clc1ccc(CNCC2CC3CCC2O3)s1. The zero-order valence-corrected chi connectivity index (χ0v) is 10.7. The van der Waals surface area contributed by atoms with E-state index in [9.17, 15) is 0 Å². The highest BCUT2D eigenvalue weighted by Crippen LogP contribution is 2.38. The molecule has 3 rings (SSSR count). The maximum atomic E-state index is 5.89. The third kappa shape index (κ3) is 2.28. The van der Waals surface area contributed by atoms with Crippen LogP contribution in [0.3, 0.4) is 0 Å². The predicted molar refractivity (Wildman–Crippen MR) is 67.0 cm³/mol. The van der Waals surface area contributed by atoms with Crippen LogP contribution in [0.5, 0.6) is 0 Å². The second kappa shape index (κ2) is 4.65. The van der Waals surface area contributed by atoms with Gasteiger partial charge < -0.3 is 10.1 Å². The Kier molecular flexibility index (Phi) is 3.20. The predicted octanol–water partition coefficient (Wildman–Crippen LogP) is 3.06. The average Bonchev–Trinajstić information content (AvgIpc) is 2.94. The number of rotatable bonds is 4. The summed E-state index contributed by atoms with van der Waals surface area (Å²) in [6, 6.07) is 4.06. The number of hydrogen-bond acceptors (Lipinski definition) is 3. The number of hydrogen-bond donors (Lipinski definition) is 1. The molecule has 0 aromatic carbocycles. The van der Waals surface area contributed by atoms with Crippen LogP contribution in [0.4, 0.5) is 0 Å². The van der Waals surface area contributed by atoms with Crippen molar-refractivity contribution in [1.82, 2.24) is 5.32 Å². The van der Waals surface area contributed by atoms with E-state index in [4.69, 9.17) is 16.3 Å². The maximum Gasteiger partial charge on any atom is 0.0931 e. The van der Waals surface area contributed by atoms with Crippen LogP contribution in [-0.2, 0) is 11.3 Å². The smallest absolute Gasteiger partial charge is 0.0931 e. The van der Waals surface area contributed by atoms with Crippen molar-refractivity contribution in [2.24, 2.45) is 5.92 Å². The zero-order valence-electron chi connectivity index (χ0n) is 9.12. The molecule has 4 heteroatoms. The van der Waals surface area contributed by atoms with E-state index >= 15 is 0 Å². The van der Waals surface area contributed by atoms with Gasteiger partial charge in [-0.1, -0.05) is 11.6 Å². The standard InChI is InChI=1S/C12H16ClNOS/c13-12-4-2-10(16-12)7-14-6-8-5-9-1-3-11(8)15-9/h2,4,8-9,11,14H,1,3,5-7H2. The fourth-order valence-corrected chi connectivity index (χ4v) is 3.84. The van der Waals surface area contributed by atoms with Gasteiger partial charge in [0.25, 0.3) is 0 Å². The molecule has 2 bridgehead atoms. The Balaban J connectivity index is 1.44. The largest absolute Gasteiger partial charge is 0.375 e. The Bertz CT molecular complexity index is 368. The van der Waals surface area contributed by atoms with Gasteiger partial charge in [0.1, 0.15) is 0 Å². The first kappa shape index (κ1) is 11.0. The fourth-order valence-electron chi connectivity index (χ4n) is 2.79. The van der Waals surface area contributed by atoms with Crippen molar-refractivity contribution in [1.29, 1.82) is 0 Å². The quantitative estimate of drug-likeness (QED) is 0.895. The molecule has 88 valence electrons. The minimum atomic E-state index is 0.532. The van der Waals surface area contributed by atoms with Crippen LogP contribution in [0.1, 0.15) is 24.1 Å². The highest BCUT2D eigenvalue weighted by molar-refractivity contribution is 7.16. The Labute approximate surface area is 105 Å². The molecule has 2 aliphatic rings. The molecule has 0 saturated carbocycles. The lowest BCUT2D eigenvalue weighted by molar-refractivity contribution is 0.0924. The molecular weight excluding hydrogens is 242 g/mol. The molecule has 2 fully saturated rings. The van der Waals surface area contributed by atoms with E-state index in [0.717, 1.165) is 23.3 Å². The molecule has 2 saturated heterocycles. The van der Waals surface area contributed by atoms with E-state index in [2.05, 4.69) is 11.4 Å². The molecule has 0 radical (unpaired) electrons. The third-order valence-corrected chi connectivity index (χ3v) is 4.80. The Morgan fingerprint density at radius 2 is 2.38 bits per heavy atom. The van der Waals surface area contributed by atoms with Crippen molar-refractivity contribution in [3.05, 3.63) is 21.3 Å². The van der Waals surface area contributed by atoms with Crippen molar-refractivity contribution in [2.75, 3.05) is 6.54 Å². The van der Waals surface area contributed by atoms with E-state index < -0.39 is 0 Å². The number of nitrogens with one attached hydrogen (secondary N) is 1. The van der Waals surface area contributed by atoms with Crippen LogP contribution in [0.2, 0.25) is 4.34 Å². The molecule has 1 aromatic heterocycles. The summed E-state index contributed by atoms with van der Waals surface area (Å²) in [5, 5.41) is 3.51. The maximum absolute atomic E-state index is 5.89. The lowest BCUT2D eigenvalue weighted by Crippen LogP contribution is -2.28. The summed E-state index contributed by atoms with van der Waals surface area (Å²) in [5.41, 5.74) is 0. The molecule has 3 heterocycles. The van der Waals surface area contributed by atoms with Crippen LogP contribution in [-0.4, -0.2) is 18.8 Å². The highest BCUT2D eigenvalue weighted by Gasteiger charge is 2.40. The molecule has 3 unspecified atom stereocenters. The number of fused-ring (bicyclic) bond motifs is 2. The van der Waals surface area contributed by atoms with E-state index in [0.29, 0.717) is 12.2 Å². The van der Waals surface area contributed by atoms with E-state index in [-0.39, 0.29) is 0 Å². The molecule has 0 amide bonds. The van der Waals surface area contributed by atoms with Gasteiger partial charge in [0.2, 0.25) is 0 Å². The van der Waals surface area contributed by atoms with Crippen LogP contribution in [0, 0.1) is 5.92 Å². The minimum Gasteiger partial charge on any atom is -0.375 e. The summed E-state index contributed by atoms with van der Waals surface area (Å²) in [7, 11) is 0. The number of thiophene rings is 1. The van der Waals surface area contributed by atoms with Gasteiger partial charge in [-0.15, -0.1) is 11.3 Å². The molecular formula is C12H16ClNOS. The van der Waals surface area contributed by atoms with Gasteiger partial charge in [0, 0.05) is 23.9 Å². The van der Waals surface area contributed by atoms with E-state index in [1.54, 1.807) is 11.3 Å². The lowest BCUT2D eigenvalue weighted by atomic mass is 9.89. The summed E-state index contributed by atoms with van der Waals surface area (Å²) < 4.78 is 6.71. The molecule has 2 aliphatic heterocycles. The van der Waals surface area contributed by atoms with Gasteiger partial charge in [0.05, 0.1) is 16.5 Å². The molecule has 2 nitrogen and oxygen atoms in total. The first-order valence-corrected chi connectivity index (χ1v) is 7.11. The second-order valence-electron chi connectivity index (χ2n) is 4.71. The molecule has 3 atom stereocenters. The van der Waals surface area contributed by atoms with Crippen LogP contribution >= 0.6 is 22.9 Å². The summed E-state index contributed by atoms with van der Waals surface area (Å²) in [6.45, 7) is 2.02. The third-order valence-electron chi connectivity index (χ3n) is 3.57. The van der Waals surface area contributed by atoms with E-state index in [1.165, 1.54) is 24.1 Å². The molecule has 1 aromatic rings. The fraction of sp³-hybridized carbons (Fsp3) is 0.667. The Hall–Kier alpha value is -0.0900. The van der Waals surface area contributed by atoms with Gasteiger partial charge >= 0.3 is 0 Å². The topological polar surface area (TPSA) is 21.3 Å². The molecule has 0 spiro atoms. The van der Waals surface area contributed by atoms with Crippen molar-refractivity contribution >= 4 is 22.9 Å². The summed E-state index contributed by atoms with van der Waals surface area (Å²) in [4.78, 5) is 1.31. The lowest BCUT2D eigenvalue weighted by Gasteiger charge is -2.18. The van der Waals surface area contributed by atoms with Crippen molar-refractivity contribution in [3.8, 4) is 0 Å². The Morgan fingerprint density at radius 3 is 3.00 bits per heavy atom. The molecule has 0 aliphatic carbocycles. The van der Waals surface area contributed by atoms with Crippen LogP contribution < -0.4 is 5.32 Å². The van der Waals surface area contributed by atoms with Gasteiger partial charge in [0.15, 0.2) is 0 Å². The second-order valence-corrected chi connectivity index (χ2v) is 6.51. The monoisotopic (exact) mass is 257 g/mol. The summed E-state index contributed by atoms with van der Waals surface area (Å²) in [5.74, 6) is 0.731. The molecule has 16 heavy (non-hydrogen) atoms. The van der Waals surface area contributed by atoms with Crippen LogP contribution in [0.25, 0.3) is 0 Å². The van der Waals surface area contributed by atoms with Gasteiger partial charge in [-0.2, -0.15) is 0 Å². The van der Waals surface area contributed by atoms with E-state index in [1.807, 2.05) is 6.07 Å². The first-order chi connectivity index (χ1) is 7.81. The Morgan fingerprint density at radius 1 is 1.44 bits per heavy atom. The average molecular weight is 258 g/mol. The van der Waals surface area contributed by atoms with Crippen LogP contribution in [0.15, 0.2) is 12.1 Å². The van der Waals surface area contributed by atoms with Crippen molar-refractivity contribution in [3.63, 3.8) is 0 Å². The summed E-state index contributed by atoms with van der Waals surface area (Å²) >= 11 is 7.55. The van der Waals surface area contributed by atoms with Crippen molar-refractivity contribution < 1.29 is 4.74 Å². The van der Waals surface area contributed by atoms with Gasteiger partial charge in [-0.3, -0.25) is 0 Å². The normalized spacial score (nSPS) is 32.4. The molecule has 1 N–H and O–H groups in total. The van der Waals surface area contributed by atoms with Gasteiger partial charge in [-0.05, 0) is 31.4 Å². The zero-order chi connectivity index (χ0) is 11.0. The van der Waals surface area contributed by atoms with Crippen molar-refractivity contribution in [2.45, 2.75) is 38.0 Å². The number of ether oxygens (including phenoxy) is 1. The minimum absolute atomic E-state index is 0.532. The first-order valence-electron chi connectivity index (χ1n) is 5.91. The van der Waals surface area contributed by atoms with Gasteiger partial charge in [-0.25, -0.2) is 0 Å². The summed E-state index contributed by atoms with van der Waals surface area (Å²) in [6.07, 6.45) is 4.89. The highest BCUT2D eigenvalue weighted by atomic mass is 35.5. The number of halogens is 1.